The van der Waals surface area contributed by atoms with Crippen molar-refractivity contribution in [1.82, 2.24) is 0 Å². The Bertz CT molecular complexity index is 823. The minimum atomic E-state index is -0.121. The van der Waals surface area contributed by atoms with Crippen LogP contribution in [0.1, 0.15) is 17.9 Å². The molecule has 0 N–H and O–H groups in total. The van der Waals surface area contributed by atoms with Gasteiger partial charge in [-0.2, -0.15) is 0 Å². The van der Waals surface area contributed by atoms with Crippen molar-refractivity contribution >= 4 is 16.7 Å². The first kappa shape index (κ1) is 13.1. The molecule has 3 aromatic carbocycles. The number of ether oxygens (including phenoxy) is 1. The van der Waals surface area contributed by atoms with Crippen molar-refractivity contribution in [1.29, 1.82) is 0 Å². The number of carbonyl (C=O) groups excluding carboxylic acids is 1. The first-order chi connectivity index (χ1) is 10.8. The molecule has 1 fully saturated rings. The SMILES string of the molecule is O=C(Oc1ccc2ccccc2c1)[C@@H]1C[C@H]1c1ccccc1. The van der Waals surface area contributed by atoms with E-state index in [0.717, 1.165) is 17.2 Å². The predicted molar refractivity (Wildman–Crippen MR) is 86.9 cm³/mol. The lowest BCUT2D eigenvalue weighted by Crippen LogP contribution is -2.11. The fourth-order valence-corrected chi connectivity index (χ4v) is 2.95. The van der Waals surface area contributed by atoms with Crippen molar-refractivity contribution in [3.8, 4) is 5.75 Å². The molecule has 0 unspecified atom stereocenters. The van der Waals surface area contributed by atoms with Crippen LogP contribution in [0.25, 0.3) is 10.8 Å². The largest absolute Gasteiger partial charge is 0.426 e. The van der Waals surface area contributed by atoms with Gasteiger partial charge in [-0.15, -0.1) is 0 Å². The lowest BCUT2D eigenvalue weighted by atomic mass is 10.1. The average molecular weight is 288 g/mol. The third-order valence-electron chi connectivity index (χ3n) is 4.26. The molecule has 4 rings (SSSR count). The highest BCUT2D eigenvalue weighted by atomic mass is 16.5. The van der Waals surface area contributed by atoms with Crippen molar-refractivity contribution in [2.24, 2.45) is 5.92 Å². The fraction of sp³-hybridized carbons (Fsp3) is 0.150. The summed E-state index contributed by atoms with van der Waals surface area (Å²) in [5.74, 6) is 0.814. The van der Waals surface area contributed by atoms with Crippen LogP contribution in [0, 0.1) is 5.92 Å². The Labute approximate surface area is 129 Å². The number of fused-ring (bicyclic) bond motifs is 1. The van der Waals surface area contributed by atoms with Gasteiger partial charge in [0.05, 0.1) is 5.92 Å². The minimum absolute atomic E-state index is 0.00568. The van der Waals surface area contributed by atoms with Crippen LogP contribution in [0.2, 0.25) is 0 Å². The van der Waals surface area contributed by atoms with Gasteiger partial charge in [0, 0.05) is 0 Å². The summed E-state index contributed by atoms with van der Waals surface area (Å²) in [5.41, 5.74) is 1.22. The van der Waals surface area contributed by atoms with Crippen LogP contribution in [0.5, 0.6) is 5.75 Å². The van der Waals surface area contributed by atoms with Gasteiger partial charge < -0.3 is 4.74 Å². The van der Waals surface area contributed by atoms with Gasteiger partial charge >= 0.3 is 5.97 Å². The molecule has 2 atom stereocenters. The molecular formula is C20H16O2. The Morgan fingerprint density at radius 1 is 0.864 bits per heavy atom. The summed E-state index contributed by atoms with van der Waals surface area (Å²) in [5, 5.41) is 2.24. The van der Waals surface area contributed by atoms with Crippen LogP contribution >= 0.6 is 0 Å². The van der Waals surface area contributed by atoms with E-state index in [0.29, 0.717) is 11.7 Å². The second-order valence-corrected chi connectivity index (χ2v) is 5.79. The van der Waals surface area contributed by atoms with E-state index >= 15 is 0 Å². The molecule has 0 radical (unpaired) electrons. The number of hydrogen-bond donors (Lipinski definition) is 0. The summed E-state index contributed by atoms with van der Waals surface area (Å²) in [6, 6.07) is 24.0. The molecule has 0 heterocycles. The Morgan fingerprint density at radius 2 is 1.59 bits per heavy atom. The maximum absolute atomic E-state index is 12.3. The monoisotopic (exact) mass is 288 g/mol. The van der Waals surface area contributed by atoms with Crippen molar-refractivity contribution in [2.45, 2.75) is 12.3 Å². The van der Waals surface area contributed by atoms with Crippen molar-refractivity contribution in [3.05, 3.63) is 78.4 Å². The second kappa shape index (κ2) is 5.30. The van der Waals surface area contributed by atoms with E-state index in [9.17, 15) is 4.79 Å². The van der Waals surface area contributed by atoms with Gasteiger partial charge in [0.15, 0.2) is 0 Å². The summed E-state index contributed by atoms with van der Waals surface area (Å²) in [6.07, 6.45) is 0.885. The first-order valence-corrected chi connectivity index (χ1v) is 7.57. The lowest BCUT2D eigenvalue weighted by molar-refractivity contribution is -0.135. The van der Waals surface area contributed by atoms with Crippen LogP contribution < -0.4 is 4.74 Å². The zero-order chi connectivity index (χ0) is 14.9. The third-order valence-corrected chi connectivity index (χ3v) is 4.26. The highest BCUT2D eigenvalue weighted by molar-refractivity contribution is 5.85. The van der Waals surface area contributed by atoms with Crippen LogP contribution in [-0.2, 0) is 4.79 Å². The topological polar surface area (TPSA) is 26.3 Å². The van der Waals surface area contributed by atoms with Gasteiger partial charge in [0.2, 0.25) is 0 Å². The van der Waals surface area contributed by atoms with E-state index < -0.39 is 0 Å². The van der Waals surface area contributed by atoms with E-state index in [-0.39, 0.29) is 11.9 Å². The Kier molecular flexibility index (Phi) is 3.15. The maximum atomic E-state index is 12.3. The van der Waals surface area contributed by atoms with Crippen molar-refractivity contribution in [3.63, 3.8) is 0 Å². The standard InChI is InChI=1S/C20H16O2/c21-20(19-13-18(19)15-7-2-1-3-8-15)22-17-11-10-14-6-4-5-9-16(14)12-17/h1-12,18-19H,13H2/t18-,19+/m0/s1. The van der Waals surface area contributed by atoms with E-state index in [1.54, 1.807) is 0 Å². The summed E-state index contributed by atoms with van der Waals surface area (Å²) < 4.78 is 5.56. The second-order valence-electron chi connectivity index (χ2n) is 5.79. The average Bonchev–Trinajstić information content (AvgIpc) is 3.36. The van der Waals surface area contributed by atoms with Crippen molar-refractivity contribution < 1.29 is 9.53 Å². The molecule has 1 aliphatic carbocycles. The molecule has 0 spiro atoms. The fourth-order valence-electron chi connectivity index (χ4n) is 2.95. The molecule has 0 saturated heterocycles. The smallest absolute Gasteiger partial charge is 0.314 e. The maximum Gasteiger partial charge on any atom is 0.314 e. The number of rotatable bonds is 3. The molecule has 2 heteroatoms. The van der Waals surface area contributed by atoms with Gasteiger partial charge in [0.1, 0.15) is 5.75 Å². The molecule has 0 aliphatic heterocycles. The molecule has 0 aromatic heterocycles. The predicted octanol–water partition coefficient (Wildman–Crippen LogP) is 4.55. The van der Waals surface area contributed by atoms with Gasteiger partial charge in [-0.25, -0.2) is 0 Å². The highest BCUT2D eigenvalue weighted by Crippen LogP contribution is 2.48. The molecule has 1 saturated carbocycles. The minimum Gasteiger partial charge on any atom is -0.426 e. The van der Waals surface area contributed by atoms with Gasteiger partial charge in [-0.1, -0.05) is 60.7 Å². The van der Waals surface area contributed by atoms with Crippen LogP contribution in [0.15, 0.2) is 72.8 Å². The van der Waals surface area contributed by atoms with Crippen LogP contribution in [0.4, 0.5) is 0 Å². The van der Waals surface area contributed by atoms with Crippen molar-refractivity contribution in [2.75, 3.05) is 0 Å². The first-order valence-electron chi connectivity index (χ1n) is 7.57. The lowest BCUT2D eigenvalue weighted by Gasteiger charge is -2.05. The molecule has 0 amide bonds. The number of esters is 1. The molecule has 1 aliphatic rings. The Morgan fingerprint density at radius 3 is 2.41 bits per heavy atom. The number of benzene rings is 3. The molecule has 2 nitrogen and oxygen atoms in total. The Hall–Kier alpha value is -2.61. The molecular weight excluding hydrogens is 272 g/mol. The Balaban J connectivity index is 1.48. The zero-order valence-corrected chi connectivity index (χ0v) is 12.1. The van der Waals surface area contributed by atoms with E-state index in [1.165, 1.54) is 5.56 Å². The molecule has 3 aromatic rings. The van der Waals surface area contributed by atoms with E-state index in [1.807, 2.05) is 60.7 Å². The third kappa shape index (κ3) is 2.48. The van der Waals surface area contributed by atoms with Gasteiger partial charge in [0.25, 0.3) is 0 Å². The van der Waals surface area contributed by atoms with Gasteiger partial charge in [-0.3, -0.25) is 4.79 Å². The van der Waals surface area contributed by atoms with Gasteiger partial charge in [-0.05, 0) is 40.8 Å². The zero-order valence-electron chi connectivity index (χ0n) is 12.1. The molecule has 0 bridgehead atoms. The summed E-state index contributed by atoms with van der Waals surface area (Å²) >= 11 is 0. The summed E-state index contributed by atoms with van der Waals surface area (Å²) in [7, 11) is 0. The van der Waals surface area contributed by atoms with Crippen LogP contribution in [0.3, 0.4) is 0 Å². The highest BCUT2D eigenvalue weighted by Gasteiger charge is 2.45. The van der Waals surface area contributed by atoms with E-state index in [2.05, 4.69) is 12.1 Å². The summed E-state index contributed by atoms with van der Waals surface area (Å²) in [6.45, 7) is 0. The summed E-state index contributed by atoms with van der Waals surface area (Å²) in [4.78, 5) is 12.3. The quantitative estimate of drug-likeness (QED) is 0.522. The number of carbonyl (C=O) groups is 1. The van der Waals surface area contributed by atoms with Crippen LogP contribution in [-0.4, -0.2) is 5.97 Å². The normalized spacial score (nSPS) is 19.8. The molecule has 108 valence electrons. The van der Waals surface area contributed by atoms with E-state index in [4.69, 9.17) is 4.74 Å². The number of hydrogen-bond acceptors (Lipinski definition) is 2. The molecule has 22 heavy (non-hydrogen) atoms.